The monoisotopic (exact) mass is 408 g/mol. The molecule has 0 aliphatic heterocycles. The molecule has 2 aromatic carbocycles. The summed E-state index contributed by atoms with van der Waals surface area (Å²) in [6, 6.07) is 17.2. The van der Waals surface area contributed by atoms with Crippen LogP contribution in [0.3, 0.4) is 0 Å². The molecule has 1 aliphatic carbocycles. The molecule has 1 saturated carbocycles. The van der Waals surface area contributed by atoms with Crippen LogP contribution in [-0.2, 0) is 4.79 Å². The number of ether oxygens (including phenoxy) is 1. The Morgan fingerprint density at radius 1 is 1.00 bits per heavy atom. The Morgan fingerprint density at radius 3 is 2.30 bits per heavy atom. The fourth-order valence-corrected chi connectivity index (χ4v) is 3.86. The minimum Gasteiger partial charge on any atom is -0.484 e. The highest BCUT2D eigenvalue weighted by Gasteiger charge is 2.18. The molecule has 0 heterocycles. The van der Waals surface area contributed by atoms with Gasteiger partial charge < -0.3 is 15.4 Å². The van der Waals surface area contributed by atoms with Crippen LogP contribution < -0.4 is 15.4 Å². The van der Waals surface area contributed by atoms with E-state index in [-0.39, 0.29) is 24.5 Å². The summed E-state index contributed by atoms with van der Waals surface area (Å²) in [5, 5.41) is 6.15. The smallest absolute Gasteiger partial charge is 0.258 e. The summed E-state index contributed by atoms with van der Waals surface area (Å²) >= 11 is 0. The van der Waals surface area contributed by atoms with Gasteiger partial charge in [0, 0.05) is 11.6 Å². The first-order valence-corrected chi connectivity index (χ1v) is 10.9. The van der Waals surface area contributed by atoms with Crippen molar-refractivity contribution in [2.45, 2.75) is 58.0 Å². The van der Waals surface area contributed by atoms with Gasteiger partial charge in [-0.15, -0.1) is 0 Å². The second-order valence-electron chi connectivity index (χ2n) is 8.43. The summed E-state index contributed by atoms with van der Waals surface area (Å²) in [6.45, 7) is 4.22. The van der Waals surface area contributed by atoms with Crippen LogP contribution in [0.15, 0.2) is 54.6 Å². The highest BCUT2D eigenvalue weighted by molar-refractivity contribution is 5.94. The average molecular weight is 409 g/mol. The molecule has 30 heavy (non-hydrogen) atoms. The van der Waals surface area contributed by atoms with Crippen LogP contribution in [-0.4, -0.2) is 24.5 Å². The number of hydrogen-bond acceptors (Lipinski definition) is 3. The predicted molar refractivity (Wildman–Crippen MR) is 118 cm³/mol. The molecule has 0 radical (unpaired) electrons. The van der Waals surface area contributed by atoms with Crippen LogP contribution >= 0.6 is 0 Å². The summed E-state index contributed by atoms with van der Waals surface area (Å²) in [7, 11) is 0. The normalized spacial score (nSPS) is 15.0. The molecule has 3 rings (SSSR count). The highest BCUT2D eigenvalue weighted by Crippen LogP contribution is 2.21. The molecule has 1 fully saturated rings. The van der Waals surface area contributed by atoms with Gasteiger partial charge in [-0.25, -0.2) is 0 Å². The number of carbonyl (C=O) groups excluding carboxylic acids is 2. The molecule has 1 aliphatic rings. The van der Waals surface area contributed by atoms with Gasteiger partial charge in [-0.05, 0) is 55.0 Å². The largest absolute Gasteiger partial charge is 0.484 e. The number of benzene rings is 2. The van der Waals surface area contributed by atoms with Gasteiger partial charge in [-0.2, -0.15) is 0 Å². The van der Waals surface area contributed by atoms with Crippen LogP contribution in [0.4, 0.5) is 0 Å². The summed E-state index contributed by atoms with van der Waals surface area (Å²) < 4.78 is 5.63. The van der Waals surface area contributed by atoms with Gasteiger partial charge in [-0.3, -0.25) is 9.59 Å². The topological polar surface area (TPSA) is 67.4 Å². The first-order chi connectivity index (χ1) is 14.5. The molecule has 1 unspecified atom stereocenters. The standard InChI is InChI=1S/C25H32N2O3/c1-18(2)16-23(19-8-4-3-5-9-19)27-24(28)17-30-22-14-12-20(13-15-22)25(29)26-21-10-6-7-11-21/h3-5,8-9,12-15,18,21,23H,6-7,10-11,16-17H2,1-2H3,(H,26,29)(H,27,28). The maximum absolute atomic E-state index is 12.4. The Balaban J connectivity index is 1.50. The Kier molecular flexibility index (Phi) is 7.89. The number of nitrogens with one attached hydrogen (secondary N) is 2. The third-order valence-corrected chi connectivity index (χ3v) is 5.42. The van der Waals surface area contributed by atoms with Crippen molar-refractivity contribution in [1.82, 2.24) is 10.6 Å². The zero-order chi connectivity index (χ0) is 21.3. The lowest BCUT2D eigenvalue weighted by molar-refractivity contribution is -0.124. The third kappa shape index (κ3) is 6.61. The second-order valence-corrected chi connectivity index (χ2v) is 8.43. The van der Waals surface area contributed by atoms with Crippen molar-refractivity contribution < 1.29 is 14.3 Å². The summed E-state index contributed by atoms with van der Waals surface area (Å²) in [5.41, 5.74) is 1.71. The highest BCUT2D eigenvalue weighted by atomic mass is 16.5. The molecule has 1 atom stereocenters. The Hall–Kier alpha value is -2.82. The van der Waals surface area contributed by atoms with Gasteiger partial charge in [0.2, 0.25) is 0 Å². The van der Waals surface area contributed by atoms with Crippen molar-refractivity contribution in [2.75, 3.05) is 6.61 Å². The van der Waals surface area contributed by atoms with Crippen molar-refractivity contribution >= 4 is 11.8 Å². The van der Waals surface area contributed by atoms with Gasteiger partial charge >= 0.3 is 0 Å². The Bertz CT molecular complexity index is 812. The number of hydrogen-bond donors (Lipinski definition) is 2. The molecule has 2 amide bonds. The van der Waals surface area contributed by atoms with E-state index in [2.05, 4.69) is 24.5 Å². The lowest BCUT2D eigenvalue weighted by atomic mass is 9.97. The minimum atomic E-state index is -0.160. The molecule has 160 valence electrons. The molecule has 0 saturated heterocycles. The van der Waals surface area contributed by atoms with Gasteiger partial charge in [-0.1, -0.05) is 57.0 Å². The molecule has 0 aromatic heterocycles. The number of rotatable bonds is 9. The molecule has 2 N–H and O–H groups in total. The quantitative estimate of drug-likeness (QED) is 0.635. The lowest BCUT2D eigenvalue weighted by Crippen LogP contribution is -2.33. The van der Waals surface area contributed by atoms with Crippen LogP contribution in [0.5, 0.6) is 5.75 Å². The lowest BCUT2D eigenvalue weighted by Gasteiger charge is -2.21. The van der Waals surface area contributed by atoms with Crippen molar-refractivity contribution in [3.05, 3.63) is 65.7 Å². The summed E-state index contributed by atoms with van der Waals surface area (Å²) in [4.78, 5) is 24.8. The summed E-state index contributed by atoms with van der Waals surface area (Å²) in [6.07, 6.45) is 5.34. The fourth-order valence-electron chi connectivity index (χ4n) is 3.86. The first kappa shape index (κ1) is 21.9. The average Bonchev–Trinajstić information content (AvgIpc) is 3.25. The molecule has 0 spiro atoms. The van der Waals surface area contributed by atoms with Gasteiger partial charge in [0.05, 0.1) is 6.04 Å². The molecule has 5 heteroatoms. The van der Waals surface area contributed by atoms with Crippen LogP contribution in [0.2, 0.25) is 0 Å². The van der Waals surface area contributed by atoms with Gasteiger partial charge in [0.25, 0.3) is 11.8 Å². The fraction of sp³-hybridized carbons (Fsp3) is 0.440. The minimum absolute atomic E-state index is 0.0380. The van der Waals surface area contributed by atoms with Crippen LogP contribution in [0, 0.1) is 5.92 Å². The van der Waals surface area contributed by atoms with E-state index in [1.54, 1.807) is 24.3 Å². The maximum Gasteiger partial charge on any atom is 0.258 e. The van der Waals surface area contributed by atoms with Crippen molar-refractivity contribution in [2.24, 2.45) is 5.92 Å². The van der Waals surface area contributed by atoms with Crippen molar-refractivity contribution in [3.63, 3.8) is 0 Å². The van der Waals surface area contributed by atoms with E-state index < -0.39 is 0 Å². The predicted octanol–water partition coefficient (Wildman–Crippen LogP) is 4.64. The maximum atomic E-state index is 12.4. The Morgan fingerprint density at radius 2 is 1.67 bits per heavy atom. The number of carbonyl (C=O) groups is 2. The Labute approximate surface area is 179 Å². The molecular weight excluding hydrogens is 376 g/mol. The zero-order valence-corrected chi connectivity index (χ0v) is 17.9. The third-order valence-electron chi connectivity index (χ3n) is 5.42. The summed E-state index contributed by atoms with van der Waals surface area (Å²) in [5.74, 6) is 0.820. The molecule has 0 bridgehead atoms. The van der Waals surface area contributed by atoms with E-state index in [0.717, 1.165) is 24.8 Å². The zero-order valence-electron chi connectivity index (χ0n) is 17.9. The SMILES string of the molecule is CC(C)CC(NC(=O)COc1ccc(C(=O)NC2CCCC2)cc1)c1ccccc1. The molecule has 2 aromatic rings. The second kappa shape index (κ2) is 10.8. The van der Waals surface area contributed by atoms with Crippen LogP contribution in [0.1, 0.15) is 67.9 Å². The van der Waals surface area contributed by atoms with Crippen molar-refractivity contribution in [1.29, 1.82) is 0 Å². The van der Waals surface area contributed by atoms with E-state index in [1.165, 1.54) is 12.8 Å². The van der Waals surface area contributed by atoms with E-state index in [4.69, 9.17) is 4.74 Å². The van der Waals surface area contributed by atoms with Crippen molar-refractivity contribution in [3.8, 4) is 5.75 Å². The first-order valence-electron chi connectivity index (χ1n) is 10.9. The number of amides is 2. The molecule has 5 nitrogen and oxygen atoms in total. The van der Waals surface area contributed by atoms with E-state index in [9.17, 15) is 9.59 Å². The molecular formula is C25H32N2O3. The van der Waals surface area contributed by atoms with Crippen LogP contribution in [0.25, 0.3) is 0 Å². The van der Waals surface area contributed by atoms with Gasteiger partial charge in [0.1, 0.15) is 5.75 Å². The van der Waals surface area contributed by atoms with E-state index in [0.29, 0.717) is 23.3 Å². The van der Waals surface area contributed by atoms with E-state index >= 15 is 0 Å². The van der Waals surface area contributed by atoms with E-state index in [1.807, 2.05) is 30.3 Å². The van der Waals surface area contributed by atoms with Gasteiger partial charge in [0.15, 0.2) is 6.61 Å².